The Kier molecular flexibility index (Phi) is 15.8. The number of methoxy groups -OCH3 is 1. The highest BCUT2D eigenvalue weighted by atomic mass is 16.8. The molecule has 15 nitrogen and oxygen atoms in total. The summed E-state index contributed by atoms with van der Waals surface area (Å²) in [4.78, 5) is 20.8. The van der Waals surface area contributed by atoms with Gasteiger partial charge in [-0.3, -0.25) is 9.69 Å². The maximum Gasteiger partial charge on any atom is 0.311 e. The zero-order valence-corrected chi connectivity index (χ0v) is 38.1. The molecule has 1 unspecified atom stereocenters. The van der Waals surface area contributed by atoms with Crippen molar-refractivity contribution in [2.24, 2.45) is 17.8 Å². The zero-order chi connectivity index (χ0) is 43.2. The number of cyclic esters (lactones) is 1. The fourth-order valence-corrected chi connectivity index (χ4v) is 9.90. The van der Waals surface area contributed by atoms with E-state index in [9.17, 15) is 20.1 Å². The molecule has 4 heterocycles. The summed E-state index contributed by atoms with van der Waals surface area (Å²) in [6.45, 7) is 21.5. The van der Waals surface area contributed by atoms with Gasteiger partial charge >= 0.3 is 5.97 Å². The monoisotopic (exact) mass is 818 g/mol. The van der Waals surface area contributed by atoms with E-state index < -0.39 is 95.8 Å². The van der Waals surface area contributed by atoms with E-state index in [2.05, 4.69) is 18.7 Å². The topological polar surface area (TPSA) is 161 Å². The molecule has 57 heavy (non-hydrogen) atoms. The number of aliphatic hydroxyl groups is 3. The molecule has 0 aromatic carbocycles. The van der Waals surface area contributed by atoms with Crippen molar-refractivity contribution in [1.82, 2.24) is 14.7 Å². The van der Waals surface area contributed by atoms with Gasteiger partial charge in [0.15, 0.2) is 12.6 Å². The molecule has 4 aliphatic heterocycles. The summed E-state index contributed by atoms with van der Waals surface area (Å²) in [5.41, 5.74) is -3.56. The Labute approximate surface area is 342 Å². The Hall–Kier alpha value is -1.05. The molecule has 4 fully saturated rings. The molecule has 0 aliphatic carbocycles. The van der Waals surface area contributed by atoms with E-state index in [0.29, 0.717) is 25.8 Å². The van der Waals surface area contributed by atoms with Crippen molar-refractivity contribution in [2.75, 3.05) is 48.9 Å². The minimum absolute atomic E-state index is 0.0570. The molecule has 4 aliphatic rings. The largest absolute Gasteiger partial charge is 0.459 e. The predicted octanol–water partition coefficient (Wildman–Crippen LogP) is 3.20. The van der Waals surface area contributed by atoms with Crippen molar-refractivity contribution < 1.29 is 58.0 Å². The van der Waals surface area contributed by atoms with E-state index in [0.717, 1.165) is 0 Å². The SMILES string of the molecule is CC[C@H]1OC(=O)[C@H](C)[C@@H](O[C@H]2C[C@@](C)(OC)[C@@H](O)[C@H](C)O2)[C@H](C)[C@@H](O[C@@H]2O[C@H](C)C[C@H](N(C)C)[C@H]2O)[C@](C)(O)C[C@@H](C)CN(C)[C@H](C)[C@H]2OC(C)(N(C)C)O[C@@]21C. The van der Waals surface area contributed by atoms with Crippen LogP contribution in [-0.2, 0) is 42.7 Å². The van der Waals surface area contributed by atoms with E-state index in [1.54, 1.807) is 27.7 Å². The first kappa shape index (κ1) is 48.6. The van der Waals surface area contributed by atoms with Gasteiger partial charge in [0.2, 0.25) is 5.91 Å². The van der Waals surface area contributed by atoms with Gasteiger partial charge in [-0.2, -0.15) is 0 Å². The number of nitrogens with zero attached hydrogens (tertiary/aromatic N) is 3. The number of esters is 1. The molecule has 0 spiro atoms. The van der Waals surface area contributed by atoms with Crippen LogP contribution in [0.4, 0.5) is 0 Å². The van der Waals surface area contributed by atoms with Crippen LogP contribution in [0.1, 0.15) is 102 Å². The molecule has 15 heteroatoms. The third-order valence-corrected chi connectivity index (χ3v) is 13.7. The lowest BCUT2D eigenvalue weighted by molar-refractivity contribution is -0.318. The summed E-state index contributed by atoms with van der Waals surface area (Å²) < 4.78 is 52.1. The quantitative estimate of drug-likeness (QED) is 0.306. The van der Waals surface area contributed by atoms with Crippen LogP contribution in [0.15, 0.2) is 0 Å². The lowest BCUT2D eigenvalue weighted by atomic mass is 9.77. The van der Waals surface area contributed by atoms with E-state index in [-0.39, 0.29) is 30.5 Å². The Morgan fingerprint density at radius 2 is 1.58 bits per heavy atom. The molecule has 4 saturated heterocycles. The molecule has 0 saturated carbocycles. The van der Waals surface area contributed by atoms with Gasteiger partial charge < -0.3 is 63.0 Å². The van der Waals surface area contributed by atoms with E-state index in [4.69, 9.17) is 37.9 Å². The van der Waals surface area contributed by atoms with Crippen molar-refractivity contribution >= 4 is 5.97 Å². The van der Waals surface area contributed by atoms with Crippen LogP contribution in [0.5, 0.6) is 0 Å². The first-order valence-electron chi connectivity index (χ1n) is 21.1. The van der Waals surface area contributed by atoms with E-state index in [1.807, 2.05) is 79.7 Å². The van der Waals surface area contributed by atoms with Crippen molar-refractivity contribution in [1.29, 1.82) is 0 Å². The Bertz CT molecular complexity index is 1330. The van der Waals surface area contributed by atoms with Crippen LogP contribution in [0.2, 0.25) is 0 Å². The van der Waals surface area contributed by atoms with Gasteiger partial charge in [-0.25, -0.2) is 0 Å². The van der Waals surface area contributed by atoms with Crippen LogP contribution >= 0.6 is 0 Å². The van der Waals surface area contributed by atoms with Crippen LogP contribution in [0, 0.1) is 17.8 Å². The number of fused-ring (bicyclic) bond motifs is 1. The second-order valence-corrected chi connectivity index (χ2v) is 19.1. The second kappa shape index (κ2) is 18.5. The van der Waals surface area contributed by atoms with Gasteiger partial charge in [0.05, 0.1) is 41.5 Å². The fourth-order valence-electron chi connectivity index (χ4n) is 9.90. The molecular weight excluding hydrogens is 738 g/mol. The normalized spacial score (nSPS) is 50.0. The summed E-state index contributed by atoms with van der Waals surface area (Å²) in [5, 5.41) is 35.4. The third kappa shape index (κ3) is 10.2. The van der Waals surface area contributed by atoms with Gasteiger partial charge in [0.25, 0.3) is 0 Å². The second-order valence-electron chi connectivity index (χ2n) is 19.1. The Balaban J connectivity index is 1.85. The number of hydrogen-bond acceptors (Lipinski definition) is 15. The van der Waals surface area contributed by atoms with Gasteiger partial charge in [0, 0.05) is 45.0 Å². The summed E-state index contributed by atoms with van der Waals surface area (Å²) >= 11 is 0. The van der Waals surface area contributed by atoms with Crippen molar-refractivity contribution in [3.05, 3.63) is 0 Å². The number of carbonyl (C=O) groups is 1. The average molecular weight is 818 g/mol. The first-order chi connectivity index (χ1) is 26.2. The van der Waals surface area contributed by atoms with Gasteiger partial charge in [-0.1, -0.05) is 20.8 Å². The highest BCUT2D eigenvalue weighted by Crippen LogP contribution is 2.45. The molecule has 0 aromatic rings. The van der Waals surface area contributed by atoms with Crippen LogP contribution in [0.25, 0.3) is 0 Å². The number of likely N-dealkylation sites (N-methyl/N-ethyl adjacent to an activating group) is 2. The number of ether oxygens (including phenoxy) is 8. The third-order valence-electron chi connectivity index (χ3n) is 13.7. The van der Waals surface area contributed by atoms with Gasteiger partial charge in [-0.05, 0) is 109 Å². The first-order valence-corrected chi connectivity index (χ1v) is 21.1. The molecule has 19 atom stereocenters. The molecular formula is C42H79N3O12. The minimum atomic E-state index is -1.51. The minimum Gasteiger partial charge on any atom is -0.459 e. The van der Waals surface area contributed by atoms with Crippen LogP contribution in [-0.4, -0.2) is 181 Å². The van der Waals surface area contributed by atoms with E-state index >= 15 is 0 Å². The summed E-state index contributed by atoms with van der Waals surface area (Å²) in [6.07, 6.45) is -6.47. The van der Waals surface area contributed by atoms with Gasteiger partial charge in [0.1, 0.15) is 30.0 Å². The lowest BCUT2D eigenvalue weighted by Crippen LogP contribution is -2.60. The number of rotatable bonds is 8. The smallest absolute Gasteiger partial charge is 0.311 e. The number of hydrogen-bond donors (Lipinski definition) is 3. The molecule has 334 valence electrons. The van der Waals surface area contributed by atoms with E-state index in [1.165, 1.54) is 7.11 Å². The van der Waals surface area contributed by atoms with Crippen molar-refractivity contribution in [3.8, 4) is 0 Å². The lowest BCUT2D eigenvalue weighted by Gasteiger charge is -2.48. The standard InChI is InChI=1S/C42H79N3O12/c1-18-30-41(10)36(56-42(11,57-41)44(14)15)27(6)45(16)22-23(2)20-39(8,49)35(55-38-32(46)29(43(12)13)19-24(3)51-38)25(4)33(26(5)37(48)53-30)54-31-21-40(9,50-17)34(47)28(7)52-31/h23-36,38,46-47,49H,18-22H2,1-17H3/t23-,24-,25+,26-,27-,28+,29+,30-,31+,32-,33+,34+,35-,36-,38+,39-,40-,41-,42?/m1/s1. The highest BCUT2D eigenvalue weighted by Gasteiger charge is 2.61. The highest BCUT2D eigenvalue weighted by molar-refractivity contribution is 5.73. The molecule has 0 radical (unpaired) electrons. The van der Waals surface area contributed by atoms with Gasteiger partial charge in [-0.15, -0.1) is 0 Å². The molecule has 3 N–H and O–H groups in total. The van der Waals surface area contributed by atoms with Crippen molar-refractivity contribution in [3.63, 3.8) is 0 Å². The molecule has 0 aromatic heterocycles. The molecule has 0 amide bonds. The van der Waals surface area contributed by atoms with Crippen LogP contribution < -0.4 is 0 Å². The van der Waals surface area contributed by atoms with Crippen LogP contribution in [0.3, 0.4) is 0 Å². The molecule has 0 bridgehead atoms. The summed E-state index contributed by atoms with van der Waals surface area (Å²) in [5.74, 6) is -3.30. The Morgan fingerprint density at radius 3 is 2.14 bits per heavy atom. The molecule has 4 rings (SSSR count). The summed E-state index contributed by atoms with van der Waals surface area (Å²) in [6, 6.07) is -0.440. The number of carbonyl (C=O) groups excluding carboxylic acids is 1. The predicted molar refractivity (Wildman–Crippen MR) is 214 cm³/mol. The van der Waals surface area contributed by atoms with Crippen molar-refractivity contribution in [2.45, 2.75) is 198 Å². The Morgan fingerprint density at radius 1 is 0.947 bits per heavy atom. The maximum atomic E-state index is 14.7. The average Bonchev–Trinajstić information content (AvgIpc) is 3.41. The maximum absolute atomic E-state index is 14.7. The number of aliphatic hydroxyl groups excluding tert-OH is 2. The zero-order valence-electron chi connectivity index (χ0n) is 38.1. The summed E-state index contributed by atoms with van der Waals surface area (Å²) in [7, 11) is 11.2. The fraction of sp³-hybridized carbons (Fsp3) is 0.976.